The third-order valence-corrected chi connectivity index (χ3v) is 6.45. The molecule has 1 aromatic heterocycles. The SMILES string of the molecule is O=C(c1ccnc(Cl)c1)N(CC1CCN(Cc2ccccc2F)CC1)C[C@@H]1CCCO1. The van der Waals surface area contributed by atoms with E-state index in [1.54, 1.807) is 24.4 Å². The Bertz CT molecular complexity index is 883. The van der Waals surface area contributed by atoms with E-state index in [9.17, 15) is 9.18 Å². The van der Waals surface area contributed by atoms with E-state index in [0.29, 0.717) is 36.3 Å². The van der Waals surface area contributed by atoms with Crippen LogP contribution in [0.3, 0.4) is 0 Å². The Hall–Kier alpha value is -2.02. The first-order valence-corrected chi connectivity index (χ1v) is 11.4. The lowest BCUT2D eigenvalue weighted by molar-refractivity contribution is 0.0444. The van der Waals surface area contributed by atoms with Gasteiger partial charge in [0.05, 0.1) is 6.10 Å². The maximum absolute atomic E-state index is 14.0. The summed E-state index contributed by atoms with van der Waals surface area (Å²) in [5.41, 5.74) is 1.31. The van der Waals surface area contributed by atoms with Gasteiger partial charge in [0.1, 0.15) is 11.0 Å². The summed E-state index contributed by atoms with van der Waals surface area (Å²) in [6, 6.07) is 10.3. The van der Waals surface area contributed by atoms with Crippen molar-refractivity contribution in [3.63, 3.8) is 0 Å². The Morgan fingerprint density at radius 1 is 1.19 bits per heavy atom. The van der Waals surface area contributed by atoms with Gasteiger partial charge >= 0.3 is 0 Å². The van der Waals surface area contributed by atoms with E-state index < -0.39 is 0 Å². The molecule has 7 heteroatoms. The average Bonchev–Trinajstić information content (AvgIpc) is 3.29. The number of hydrogen-bond acceptors (Lipinski definition) is 4. The number of amides is 1. The van der Waals surface area contributed by atoms with Gasteiger partial charge in [0.15, 0.2) is 0 Å². The van der Waals surface area contributed by atoms with Crippen LogP contribution >= 0.6 is 11.6 Å². The highest BCUT2D eigenvalue weighted by Gasteiger charge is 2.28. The van der Waals surface area contributed by atoms with Crippen molar-refractivity contribution in [2.24, 2.45) is 5.92 Å². The second-order valence-corrected chi connectivity index (χ2v) is 8.91. The highest BCUT2D eigenvalue weighted by Crippen LogP contribution is 2.23. The molecule has 0 N–H and O–H groups in total. The van der Waals surface area contributed by atoms with Crippen molar-refractivity contribution >= 4 is 17.5 Å². The molecule has 1 atom stereocenters. The minimum atomic E-state index is -0.144. The van der Waals surface area contributed by atoms with Crippen molar-refractivity contribution in [3.8, 4) is 0 Å². The van der Waals surface area contributed by atoms with Crippen LogP contribution in [0.15, 0.2) is 42.6 Å². The van der Waals surface area contributed by atoms with Gasteiger partial charge in [-0.05, 0) is 62.9 Å². The van der Waals surface area contributed by atoms with Gasteiger partial charge in [-0.3, -0.25) is 9.69 Å². The Morgan fingerprint density at radius 3 is 2.71 bits per heavy atom. The van der Waals surface area contributed by atoms with Crippen molar-refractivity contribution in [1.29, 1.82) is 0 Å². The summed E-state index contributed by atoms with van der Waals surface area (Å²) in [7, 11) is 0. The quantitative estimate of drug-likeness (QED) is 0.592. The first kappa shape index (κ1) is 22.2. The summed E-state index contributed by atoms with van der Waals surface area (Å²) in [6.07, 6.45) is 5.68. The van der Waals surface area contributed by atoms with Gasteiger partial charge < -0.3 is 9.64 Å². The number of carbonyl (C=O) groups is 1. The van der Waals surface area contributed by atoms with E-state index in [1.165, 1.54) is 6.07 Å². The molecule has 2 aliphatic rings. The molecule has 2 aliphatic heterocycles. The van der Waals surface area contributed by atoms with E-state index in [-0.39, 0.29) is 17.8 Å². The predicted molar refractivity (Wildman–Crippen MR) is 119 cm³/mol. The van der Waals surface area contributed by atoms with Gasteiger partial charge in [0.25, 0.3) is 5.91 Å². The number of pyridine rings is 1. The second kappa shape index (κ2) is 10.5. The zero-order valence-electron chi connectivity index (χ0n) is 17.7. The van der Waals surface area contributed by atoms with Gasteiger partial charge in [-0.2, -0.15) is 0 Å². The molecular weight excluding hydrogens is 417 g/mol. The lowest BCUT2D eigenvalue weighted by atomic mass is 9.95. The van der Waals surface area contributed by atoms with Crippen LogP contribution in [0.1, 0.15) is 41.6 Å². The maximum atomic E-state index is 14.0. The van der Waals surface area contributed by atoms with Crippen molar-refractivity contribution < 1.29 is 13.9 Å². The van der Waals surface area contributed by atoms with Crippen molar-refractivity contribution in [1.82, 2.24) is 14.8 Å². The van der Waals surface area contributed by atoms with Crippen LogP contribution in [0.25, 0.3) is 0 Å². The van der Waals surface area contributed by atoms with E-state index in [4.69, 9.17) is 16.3 Å². The monoisotopic (exact) mass is 445 g/mol. The minimum absolute atomic E-state index is 0.0198. The molecule has 4 rings (SSSR count). The number of piperidine rings is 1. The van der Waals surface area contributed by atoms with Gasteiger partial charge in [-0.25, -0.2) is 9.37 Å². The largest absolute Gasteiger partial charge is 0.376 e. The number of halogens is 2. The molecule has 0 aliphatic carbocycles. The molecule has 0 unspecified atom stereocenters. The average molecular weight is 446 g/mol. The highest BCUT2D eigenvalue weighted by atomic mass is 35.5. The number of nitrogens with zero attached hydrogens (tertiary/aromatic N) is 3. The van der Waals surface area contributed by atoms with E-state index in [2.05, 4.69) is 9.88 Å². The molecule has 1 amide bonds. The Labute approximate surface area is 188 Å². The molecule has 2 saturated heterocycles. The summed E-state index contributed by atoms with van der Waals surface area (Å²) < 4.78 is 19.8. The van der Waals surface area contributed by atoms with E-state index in [1.807, 2.05) is 17.0 Å². The van der Waals surface area contributed by atoms with Crippen LogP contribution < -0.4 is 0 Å². The standard InChI is InChI=1S/C24H29ClFN3O2/c25-23-14-19(7-10-27-23)24(30)29(17-21-5-3-13-31-21)15-18-8-11-28(12-9-18)16-20-4-1-2-6-22(20)26/h1-2,4,6-7,10,14,18,21H,3,5,8-9,11-13,15-17H2/t21-/m0/s1. The van der Waals surface area contributed by atoms with Crippen LogP contribution in [0, 0.1) is 11.7 Å². The molecule has 0 bridgehead atoms. The number of hydrogen-bond donors (Lipinski definition) is 0. The number of rotatable bonds is 7. The molecule has 2 fully saturated rings. The lowest BCUT2D eigenvalue weighted by Gasteiger charge is -2.35. The molecule has 2 aromatic rings. The third-order valence-electron chi connectivity index (χ3n) is 6.25. The van der Waals surface area contributed by atoms with Crippen LogP contribution in [0.5, 0.6) is 0 Å². The third kappa shape index (κ3) is 6.03. The summed E-state index contributed by atoms with van der Waals surface area (Å²) in [4.78, 5) is 21.4. The fourth-order valence-corrected chi connectivity index (χ4v) is 4.67. The number of aromatic nitrogens is 1. The van der Waals surface area contributed by atoms with Crippen LogP contribution in [0.4, 0.5) is 4.39 Å². The number of carbonyl (C=O) groups excluding carboxylic acids is 1. The molecular formula is C24H29ClFN3O2. The Kier molecular flexibility index (Phi) is 7.54. The maximum Gasteiger partial charge on any atom is 0.254 e. The first-order valence-electron chi connectivity index (χ1n) is 11.1. The van der Waals surface area contributed by atoms with Crippen molar-refractivity contribution in [2.75, 3.05) is 32.8 Å². The summed E-state index contributed by atoms with van der Waals surface area (Å²) in [5.74, 6) is 0.252. The van der Waals surface area contributed by atoms with E-state index >= 15 is 0 Å². The number of likely N-dealkylation sites (tertiary alicyclic amines) is 1. The van der Waals surface area contributed by atoms with Gasteiger partial charge in [-0.15, -0.1) is 0 Å². The van der Waals surface area contributed by atoms with Crippen LogP contribution in [-0.4, -0.2) is 59.6 Å². The molecule has 5 nitrogen and oxygen atoms in total. The highest BCUT2D eigenvalue weighted by molar-refractivity contribution is 6.29. The molecule has 1 aromatic carbocycles. The molecule has 0 saturated carbocycles. The first-order chi connectivity index (χ1) is 15.1. The zero-order valence-corrected chi connectivity index (χ0v) is 18.4. The van der Waals surface area contributed by atoms with Crippen LogP contribution in [0.2, 0.25) is 5.15 Å². The fourth-order valence-electron chi connectivity index (χ4n) is 4.50. The Balaban J connectivity index is 1.36. The molecule has 166 valence electrons. The molecule has 0 radical (unpaired) electrons. The van der Waals surface area contributed by atoms with Gasteiger partial charge in [0, 0.05) is 43.6 Å². The summed E-state index contributed by atoms with van der Waals surface area (Å²) >= 11 is 6.01. The molecule has 0 spiro atoms. The molecule has 31 heavy (non-hydrogen) atoms. The Morgan fingerprint density at radius 2 is 2.00 bits per heavy atom. The smallest absolute Gasteiger partial charge is 0.254 e. The second-order valence-electron chi connectivity index (χ2n) is 8.52. The fraction of sp³-hybridized carbons (Fsp3) is 0.500. The number of benzene rings is 1. The normalized spacial score (nSPS) is 20.1. The van der Waals surface area contributed by atoms with Crippen molar-refractivity contribution in [3.05, 3.63) is 64.7 Å². The summed E-state index contributed by atoms with van der Waals surface area (Å²) in [6.45, 7) is 4.51. The molecule has 3 heterocycles. The van der Waals surface area contributed by atoms with Gasteiger partial charge in [-0.1, -0.05) is 29.8 Å². The minimum Gasteiger partial charge on any atom is -0.376 e. The van der Waals surface area contributed by atoms with E-state index in [0.717, 1.165) is 50.9 Å². The van der Waals surface area contributed by atoms with Crippen molar-refractivity contribution in [2.45, 2.75) is 38.3 Å². The summed E-state index contributed by atoms with van der Waals surface area (Å²) in [5, 5.41) is 0.323. The predicted octanol–water partition coefficient (Wildman–Crippen LogP) is 4.41. The number of ether oxygens (including phenoxy) is 1. The van der Waals surface area contributed by atoms with Gasteiger partial charge in [0.2, 0.25) is 0 Å². The van der Waals surface area contributed by atoms with Crippen LogP contribution in [-0.2, 0) is 11.3 Å². The zero-order chi connectivity index (χ0) is 21.6. The lowest BCUT2D eigenvalue weighted by Crippen LogP contribution is -2.43. The topological polar surface area (TPSA) is 45.7 Å².